The van der Waals surface area contributed by atoms with Gasteiger partial charge in [-0.25, -0.2) is 9.97 Å². The van der Waals surface area contributed by atoms with E-state index in [0.717, 1.165) is 10.9 Å². The maximum Gasteiger partial charge on any atom is 0.247 e. The lowest BCUT2D eigenvalue weighted by Crippen LogP contribution is -2.59. The Bertz CT molecular complexity index is 1420. The van der Waals surface area contributed by atoms with E-state index in [9.17, 15) is 14.4 Å². The molecular weight excluding hydrogens is 534 g/mol. The number of carbonyl (C=O) groups excluding carboxylic acids is 3. The standard InChI is InChI=1S/C31H41N7O4/c1-19(32-5)28(39)37-26(31(2,3)4)30(41)38-14-10-13-24(38)29(40)36-23-15-21-22(16-25(23)42-6)34-18-35-27(21)33-17-20-11-8-7-9-12-20/h7-9,11-12,15-16,18-19,24,26,32H,10,13-14,17H2,1-6H3,(H,36,40)(H,37,39)(H,33,34,35). The summed E-state index contributed by atoms with van der Waals surface area (Å²) in [5.74, 6) is 0.199. The third-order valence-electron chi connectivity index (χ3n) is 7.58. The van der Waals surface area contributed by atoms with Crippen LogP contribution in [-0.2, 0) is 20.9 Å². The predicted molar refractivity (Wildman–Crippen MR) is 163 cm³/mol. The number of likely N-dealkylation sites (tertiary alicyclic amines) is 1. The quantitative estimate of drug-likeness (QED) is 0.289. The molecule has 0 bridgehead atoms. The number of aromatic nitrogens is 2. The van der Waals surface area contributed by atoms with Crippen LogP contribution >= 0.6 is 0 Å². The van der Waals surface area contributed by atoms with Crippen LogP contribution in [0, 0.1) is 5.41 Å². The molecule has 0 saturated carbocycles. The number of likely N-dealkylation sites (N-methyl/N-ethyl adjacent to an activating group) is 1. The molecule has 11 nitrogen and oxygen atoms in total. The van der Waals surface area contributed by atoms with Gasteiger partial charge in [-0.15, -0.1) is 0 Å². The lowest BCUT2D eigenvalue weighted by Gasteiger charge is -2.36. The van der Waals surface area contributed by atoms with Crippen LogP contribution in [-0.4, -0.2) is 71.4 Å². The SMILES string of the molecule is CNC(C)C(=O)NC(C(=O)N1CCCC1C(=O)Nc1cc2c(NCc3ccccc3)ncnc2cc1OC)C(C)(C)C. The molecule has 1 fully saturated rings. The molecule has 42 heavy (non-hydrogen) atoms. The van der Waals surface area contributed by atoms with Crippen LogP contribution in [0.2, 0.25) is 0 Å². The highest BCUT2D eigenvalue weighted by Gasteiger charge is 2.42. The van der Waals surface area contributed by atoms with Gasteiger partial charge in [-0.1, -0.05) is 51.1 Å². The van der Waals surface area contributed by atoms with Gasteiger partial charge in [-0.05, 0) is 43.9 Å². The third-order valence-corrected chi connectivity index (χ3v) is 7.58. The fourth-order valence-electron chi connectivity index (χ4n) is 5.00. The Morgan fingerprint density at radius 2 is 1.86 bits per heavy atom. The molecule has 4 N–H and O–H groups in total. The molecule has 11 heteroatoms. The zero-order valence-corrected chi connectivity index (χ0v) is 25.2. The first-order valence-corrected chi connectivity index (χ1v) is 14.2. The zero-order chi connectivity index (χ0) is 30.4. The molecule has 3 unspecified atom stereocenters. The molecule has 3 amide bonds. The molecule has 4 rings (SSSR count). The number of nitrogens with zero attached hydrogens (tertiary/aromatic N) is 3. The van der Waals surface area contributed by atoms with Crippen LogP contribution in [0.25, 0.3) is 10.9 Å². The summed E-state index contributed by atoms with van der Waals surface area (Å²) in [6.45, 7) is 8.43. The largest absolute Gasteiger partial charge is 0.494 e. The van der Waals surface area contributed by atoms with Crippen LogP contribution in [0.1, 0.15) is 46.1 Å². The van der Waals surface area contributed by atoms with Gasteiger partial charge in [0.2, 0.25) is 17.7 Å². The fraction of sp³-hybridized carbons (Fsp3) is 0.452. The zero-order valence-electron chi connectivity index (χ0n) is 25.2. The maximum absolute atomic E-state index is 13.8. The number of rotatable bonds is 10. The molecule has 1 aromatic heterocycles. The smallest absolute Gasteiger partial charge is 0.247 e. The summed E-state index contributed by atoms with van der Waals surface area (Å²) >= 11 is 0. The highest BCUT2D eigenvalue weighted by Crippen LogP contribution is 2.33. The fourth-order valence-corrected chi connectivity index (χ4v) is 5.00. The number of anilines is 2. The Hall–Kier alpha value is -4.25. The Morgan fingerprint density at radius 1 is 1.12 bits per heavy atom. The van der Waals surface area contributed by atoms with Gasteiger partial charge in [0.1, 0.15) is 30.0 Å². The maximum atomic E-state index is 13.8. The van der Waals surface area contributed by atoms with Crippen LogP contribution in [0.4, 0.5) is 11.5 Å². The van der Waals surface area contributed by atoms with Crippen molar-refractivity contribution in [2.24, 2.45) is 5.41 Å². The Kier molecular flexibility index (Phi) is 9.62. The lowest BCUT2D eigenvalue weighted by atomic mass is 9.85. The summed E-state index contributed by atoms with van der Waals surface area (Å²) in [5, 5.41) is 12.9. The minimum absolute atomic E-state index is 0.272. The second kappa shape index (κ2) is 13.2. The van der Waals surface area contributed by atoms with E-state index >= 15 is 0 Å². The van der Waals surface area contributed by atoms with Crippen molar-refractivity contribution in [1.82, 2.24) is 25.5 Å². The highest BCUT2D eigenvalue weighted by atomic mass is 16.5. The van der Waals surface area contributed by atoms with Crippen LogP contribution in [0.3, 0.4) is 0 Å². The number of nitrogens with one attached hydrogen (secondary N) is 4. The molecule has 1 saturated heterocycles. The van der Waals surface area contributed by atoms with Gasteiger partial charge in [0.25, 0.3) is 0 Å². The number of hydrogen-bond donors (Lipinski definition) is 4. The minimum atomic E-state index is -0.792. The second-order valence-electron chi connectivity index (χ2n) is 11.6. The second-order valence-corrected chi connectivity index (χ2v) is 11.6. The van der Waals surface area contributed by atoms with Crippen molar-refractivity contribution >= 4 is 40.1 Å². The van der Waals surface area contributed by atoms with E-state index < -0.39 is 23.5 Å². The van der Waals surface area contributed by atoms with E-state index in [0.29, 0.717) is 48.7 Å². The van der Waals surface area contributed by atoms with E-state index in [1.165, 1.54) is 13.4 Å². The van der Waals surface area contributed by atoms with E-state index in [1.807, 2.05) is 51.1 Å². The molecule has 0 radical (unpaired) electrons. The topological polar surface area (TPSA) is 138 Å². The van der Waals surface area contributed by atoms with Gasteiger partial charge < -0.3 is 30.9 Å². The normalized spacial score (nSPS) is 16.5. The van der Waals surface area contributed by atoms with Crippen molar-refractivity contribution in [1.29, 1.82) is 0 Å². The average molecular weight is 576 g/mol. The number of ether oxygens (including phenoxy) is 1. The monoisotopic (exact) mass is 575 g/mol. The number of amides is 3. The Morgan fingerprint density at radius 3 is 2.52 bits per heavy atom. The van der Waals surface area contributed by atoms with Crippen molar-refractivity contribution in [3.8, 4) is 5.75 Å². The van der Waals surface area contributed by atoms with Gasteiger partial charge in [0.05, 0.1) is 24.4 Å². The van der Waals surface area contributed by atoms with Gasteiger partial charge >= 0.3 is 0 Å². The first-order valence-electron chi connectivity index (χ1n) is 14.2. The van der Waals surface area contributed by atoms with Crippen molar-refractivity contribution in [2.75, 3.05) is 31.3 Å². The average Bonchev–Trinajstić information content (AvgIpc) is 3.48. The first-order chi connectivity index (χ1) is 20.0. The molecule has 0 spiro atoms. The molecule has 3 atom stereocenters. The van der Waals surface area contributed by atoms with Crippen LogP contribution in [0.5, 0.6) is 5.75 Å². The van der Waals surface area contributed by atoms with Crippen molar-refractivity contribution < 1.29 is 19.1 Å². The summed E-state index contributed by atoms with van der Waals surface area (Å²) < 4.78 is 5.59. The van der Waals surface area contributed by atoms with Crippen molar-refractivity contribution in [2.45, 2.75) is 65.2 Å². The molecular formula is C31H41N7O4. The first kappa shape index (κ1) is 30.7. The Labute approximate surface area is 246 Å². The number of fused-ring (bicyclic) bond motifs is 1. The van der Waals surface area contributed by atoms with Crippen LogP contribution < -0.4 is 26.0 Å². The summed E-state index contributed by atoms with van der Waals surface area (Å²) in [5.41, 5.74) is 1.65. The number of methoxy groups -OCH3 is 1. The summed E-state index contributed by atoms with van der Waals surface area (Å²) in [4.78, 5) is 50.6. The minimum Gasteiger partial charge on any atom is -0.494 e. The number of benzene rings is 2. The van der Waals surface area contributed by atoms with Crippen molar-refractivity contribution in [3.05, 3.63) is 54.4 Å². The van der Waals surface area contributed by atoms with E-state index in [4.69, 9.17) is 4.74 Å². The predicted octanol–water partition coefficient (Wildman–Crippen LogP) is 3.32. The lowest BCUT2D eigenvalue weighted by molar-refractivity contribution is -0.143. The summed E-state index contributed by atoms with van der Waals surface area (Å²) in [6.07, 6.45) is 2.67. The highest BCUT2D eigenvalue weighted by molar-refractivity contribution is 6.02. The number of carbonyl (C=O) groups is 3. The molecule has 2 aromatic carbocycles. The summed E-state index contributed by atoms with van der Waals surface area (Å²) in [7, 11) is 3.22. The van der Waals surface area contributed by atoms with Crippen LogP contribution in [0.15, 0.2) is 48.8 Å². The molecule has 1 aliphatic heterocycles. The molecule has 3 aromatic rings. The third kappa shape index (κ3) is 6.96. The molecule has 1 aliphatic rings. The van der Waals surface area contributed by atoms with Gasteiger partial charge in [0, 0.05) is 24.5 Å². The molecule has 2 heterocycles. The molecule has 0 aliphatic carbocycles. The molecule has 224 valence electrons. The number of hydrogen-bond acceptors (Lipinski definition) is 8. The summed E-state index contributed by atoms with van der Waals surface area (Å²) in [6, 6.07) is 11.6. The van der Waals surface area contributed by atoms with E-state index in [2.05, 4.69) is 31.2 Å². The van der Waals surface area contributed by atoms with Gasteiger partial charge in [0.15, 0.2) is 0 Å². The van der Waals surface area contributed by atoms with Gasteiger partial charge in [-0.3, -0.25) is 14.4 Å². The van der Waals surface area contributed by atoms with Gasteiger partial charge in [-0.2, -0.15) is 0 Å². The van der Waals surface area contributed by atoms with Crippen molar-refractivity contribution in [3.63, 3.8) is 0 Å². The van der Waals surface area contributed by atoms with E-state index in [-0.39, 0.29) is 17.7 Å². The Balaban J connectivity index is 1.56. The van der Waals surface area contributed by atoms with E-state index in [1.54, 1.807) is 31.0 Å².